The van der Waals surface area contributed by atoms with Crippen molar-refractivity contribution >= 4 is 29.3 Å². The Kier molecular flexibility index (Phi) is 2.93. The Bertz CT molecular complexity index is 589. The number of aldehydes is 1. The monoisotopic (exact) mass is 247 g/mol. The third kappa shape index (κ3) is 2.05. The van der Waals surface area contributed by atoms with Gasteiger partial charge in [0.1, 0.15) is 0 Å². The molecule has 3 N–H and O–H groups in total. The summed E-state index contributed by atoms with van der Waals surface area (Å²) in [6.07, 6.45) is 0.730. The molecule has 17 heavy (non-hydrogen) atoms. The molecule has 2 aromatic rings. The van der Waals surface area contributed by atoms with Gasteiger partial charge in [-0.1, -0.05) is 6.07 Å². The van der Waals surface area contributed by atoms with E-state index < -0.39 is 5.97 Å². The van der Waals surface area contributed by atoms with Gasteiger partial charge in [-0.25, -0.2) is 4.79 Å². The van der Waals surface area contributed by atoms with E-state index in [1.54, 1.807) is 23.6 Å². The molecule has 0 saturated heterocycles. The average Bonchev–Trinajstić information content (AvgIpc) is 2.76. The number of carbonyl (C=O) groups is 2. The number of thiophene rings is 1. The van der Waals surface area contributed by atoms with Crippen molar-refractivity contribution in [2.75, 3.05) is 5.73 Å². The number of hydrogen-bond donors (Lipinski definition) is 2. The Morgan fingerprint density at radius 2 is 2.18 bits per heavy atom. The molecule has 0 fully saturated rings. The summed E-state index contributed by atoms with van der Waals surface area (Å²) in [5, 5.41) is 10.8. The van der Waals surface area contributed by atoms with Gasteiger partial charge in [0.2, 0.25) is 0 Å². The molecule has 1 aromatic heterocycles. The van der Waals surface area contributed by atoms with E-state index in [1.807, 2.05) is 0 Å². The lowest BCUT2D eigenvalue weighted by atomic mass is 10.00. The third-order valence-corrected chi connectivity index (χ3v) is 3.21. The average molecular weight is 247 g/mol. The number of anilines is 1. The molecule has 4 nitrogen and oxygen atoms in total. The van der Waals surface area contributed by atoms with Gasteiger partial charge < -0.3 is 10.8 Å². The van der Waals surface area contributed by atoms with Crippen molar-refractivity contribution in [3.63, 3.8) is 0 Å². The van der Waals surface area contributed by atoms with Crippen LogP contribution in [0.5, 0.6) is 0 Å². The van der Waals surface area contributed by atoms with E-state index in [2.05, 4.69) is 0 Å². The summed E-state index contributed by atoms with van der Waals surface area (Å²) in [4.78, 5) is 22.3. The molecule has 0 bridgehead atoms. The second-order valence-corrected chi connectivity index (χ2v) is 4.37. The molecule has 0 aliphatic carbocycles. The molecule has 2 rings (SSSR count). The summed E-state index contributed by atoms with van der Waals surface area (Å²) in [6, 6.07) is 6.36. The standard InChI is InChI=1S/C12H9NO3S/c13-10-3-1-2-9(12(15)16)11(10)7-4-8(5-14)17-6-7/h1-6H,13H2,(H,15,16). The Morgan fingerprint density at radius 3 is 2.76 bits per heavy atom. The topological polar surface area (TPSA) is 80.4 Å². The maximum atomic E-state index is 11.1. The fourth-order valence-electron chi connectivity index (χ4n) is 1.62. The van der Waals surface area contributed by atoms with Gasteiger partial charge in [-0.05, 0) is 29.1 Å². The van der Waals surface area contributed by atoms with Crippen LogP contribution < -0.4 is 5.73 Å². The van der Waals surface area contributed by atoms with E-state index >= 15 is 0 Å². The quantitative estimate of drug-likeness (QED) is 0.645. The molecule has 0 atom stereocenters. The van der Waals surface area contributed by atoms with E-state index in [9.17, 15) is 9.59 Å². The van der Waals surface area contributed by atoms with E-state index in [0.29, 0.717) is 21.7 Å². The van der Waals surface area contributed by atoms with Gasteiger partial charge in [-0.15, -0.1) is 11.3 Å². The zero-order chi connectivity index (χ0) is 12.4. The van der Waals surface area contributed by atoms with Crippen LogP contribution in [0, 0.1) is 0 Å². The molecule has 1 heterocycles. The molecule has 0 aliphatic heterocycles. The molecule has 0 saturated carbocycles. The predicted molar refractivity (Wildman–Crippen MR) is 66.5 cm³/mol. The van der Waals surface area contributed by atoms with Crippen molar-refractivity contribution in [2.45, 2.75) is 0 Å². The number of nitrogen functional groups attached to an aromatic ring is 1. The summed E-state index contributed by atoms with van der Waals surface area (Å²) in [5.74, 6) is -1.04. The van der Waals surface area contributed by atoms with Gasteiger partial charge in [0.25, 0.3) is 0 Å². The van der Waals surface area contributed by atoms with Crippen molar-refractivity contribution in [3.8, 4) is 11.1 Å². The number of carboxylic acids is 1. The fraction of sp³-hybridized carbons (Fsp3) is 0. The number of benzene rings is 1. The zero-order valence-corrected chi connectivity index (χ0v) is 9.53. The number of carboxylic acid groups (broad SMARTS) is 1. The molecule has 0 spiro atoms. The van der Waals surface area contributed by atoms with Crippen LogP contribution in [-0.4, -0.2) is 17.4 Å². The second-order valence-electron chi connectivity index (χ2n) is 3.43. The minimum Gasteiger partial charge on any atom is -0.478 e. The van der Waals surface area contributed by atoms with Crippen molar-refractivity contribution < 1.29 is 14.7 Å². The highest BCUT2D eigenvalue weighted by molar-refractivity contribution is 7.12. The molecule has 0 aliphatic rings. The summed E-state index contributed by atoms with van der Waals surface area (Å²) < 4.78 is 0. The van der Waals surface area contributed by atoms with Crippen LogP contribution in [0.2, 0.25) is 0 Å². The van der Waals surface area contributed by atoms with Crippen molar-refractivity contribution in [2.24, 2.45) is 0 Å². The zero-order valence-electron chi connectivity index (χ0n) is 8.71. The van der Waals surface area contributed by atoms with Gasteiger partial charge in [0, 0.05) is 11.3 Å². The number of aromatic carboxylic acids is 1. The Morgan fingerprint density at radius 1 is 1.41 bits per heavy atom. The molecule has 0 amide bonds. The summed E-state index contributed by atoms with van der Waals surface area (Å²) in [5.41, 5.74) is 7.45. The van der Waals surface area contributed by atoms with E-state index in [4.69, 9.17) is 10.8 Å². The van der Waals surface area contributed by atoms with Crippen LogP contribution in [0.25, 0.3) is 11.1 Å². The van der Waals surface area contributed by atoms with Crippen molar-refractivity contribution in [1.29, 1.82) is 0 Å². The lowest BCUT2D eigenvalue weighted by Crippen LogP contribution is -2.02. The normalized spacial score (nSPS) is 10.1. The first-order valence-corrected chi connectivity index (χ1v) is 5.67. The predicted octanol–water partition coefficient (Wildman–Crippen LogP) is 2.51. The third-order valence-electron chi connectivity index (χ3n) is 2.35. The summed E-state index contributed by atoms with van der Waals surface area (Å²) in [7, 11) is 0. The summed E-state index contributed by atoms with van der Waals surface area (Å²) >= 11 is 1.26. The molecular formula is C12H9NO3S. The van der Waals surface area contributed by atoms with Crippen LogP contribution >= 0.6 is 11.3 Å². The maximum absolute atomic E-state index is 11.1. The second kappa shape index (κ2) is 4.39. The molecular weight excluding hydrogens is 238 g/mol. The van der Waals surface area contributed by atoms with Gasteiger partial charge in [-0.2, -0.15) is 0 Å². The number of hydrogen-bond acceptors (Lipinski definition) is 4. The van der Waals surface area contributed by atoms with Gasteiger partial charge in [0.05, 0.1) is 10.4 Å². The first kappa shape index (κ1) is 11.3. The Labute approximate surface area is 101 Å². The summed E-state index contributed by atoms with van der Waals surface area (Å²) in [6.45, 7) is 0. The Hall–Kier alpha value is -2.14. The lowest BCUT2D eigenvalue weighted by Gasteiger charge is -2.07. The van der Waals surface area contributed by atoms with Crippen LogP contribution in [0.1, 0.15) is 20.0 Å². The van der Waals surface area contributed by atoms with Crippen LogP contribution in [0.4, 0.5) is 5.69 Å². The SMILES string of the molecule is Nc1cccc(C(=O)O)c1-c1csc(C=O)c1. The first-order valence-electron chi connectivity index (χ1n) is 4.79. The highest BCUT2D eigenvalue weighted by Gasteiger charge is 2.15. The molecule has 0 unspecified atom stereocenters. The van der Waals surface area contributed by atoms with Gasteiger partial charge >= 0.3 is 5.97 Å². The molecule has 5 heteroatoms. The fourth-order valence-corrected chi connectivity index (χ4v) is 2.32. The van der Waals surface area contributed by atoms with Crippen molar-refractivity contribution in [1.82, 2.24) is 0 Å². The van der Waals surface area contributed by atoms with Crippen molar-refractivity contribution in [3.05, 3.63) is 40.1 Å². The highest BCUT2D eigenvalue weighted by atomic mass is 32.1. The smallest absolute Gasteiger partial charge is 0.336 e. The van der Waals surface area contributed by atoms with Crippen LogP contribution in [0.3, 0.4) is 0 Å². The van der Waals surface area contributed by atoms with E-state index in [0.717, 1.165) is 6.29 Å². The minimum absolute atomic E-state index is 0.139. The highest BCUT2D eigenvalue weighted by Crippen LogP contribution is 2.32. The van der Waals surface area contributed by atoms with Crippen LogP contribution in [-0.2, 0) is 0 Å². The van der Waals surface area contributed by atoms with E-state index in [1.165, 1.54) is 17.4 Å². The van der Waals surface area contributed by atoms with Gasteiger partial charge in [-0.3, -0.25) is 4.79 Å². The first-order chi connectivity index (χ1) is 8.13. The number of nitrogens with two attached hydrogens (primary N) is 1. The van der Waals surface area contributed by atoms with Crippen LogP contribution in [0.15, 0.2) is 29.6 Å². The molecule has 0 radical (unpaired) electrons. The maximum Gasteiger partial charge on any atom is 0.336 e. The minimum atomic E-state index is -1.04. The lowest BCUT2D eigenvalue weighted by molar-refractivity contribution is 0.0697. The largest absolute Gasteiger partial charge is 0.478 e. The number of carbonyl (C=O) groups excluding carboxylic acids is 1. The van der Waals surface area contributed by atoms with E-state index in [-0.39, 0.29) is 5.56 Å². The van der Waals surface area contributed by atoms with Gasteiger partial charge in [0.15, 0.2) is 6.29 Å². The Balaban J connectivity index is 2.64. The molecule has 86 valence electrons. The molecule has 1 aromatic carbocycles. The number of rotatable bonds is 3.